The van der Waals surface area contributed by atoms with Gasteiger partial charge in [0.15, 0.2) is 0 Å². The van der Waals surface area contributed by atoms with Crippen molar-refractivity contribution in [2.24, 2.45) is 0 Å². The van der Waals surface area contributed by atoms with Crippen molar-refractivity contribution in [2.45, 2.75) is 6.10 Å². The normalized spacial score (nSPS) is 13.9. The largest absolute Gasteiger partial charge is 0.359 e. The highest BCUT2D eigenvalue weighted by Crippen LogP contribution is 1.96. The number of hydrogen-bond acceptors (Lipinski definition) is 1. The number of rotatable bonds is 4. The third-order valence-corrected chi connectivity index (χ3v) is 1.11. The van der Waals surface area contributed by atoms with Crippen LogP contribution >= 0.6 is 23.2 Å². The summed E-state index contributed by atoms with van der Waals surface area (Å²) in [5, 5.41) is 0. The number of ether oxygens (including phenoxy) is 1. The molecule has 0 aromatic heterocycles. The lowest BCUT2D eigenvalue weighted by Gasteiger charge is -2.06. The summed E-state index contributed by atoms with van der Waals surface area (Å²) in [5.41, 5.74) is 0. The van der Waals surface area contributed by atoms with Gasteiger partial charge in [0.25, 0.3) is 0 Å². The van der Waals surface area contributed by atoms with E-state index in [0.29, 0.717) is 0 Å². The summed E-state index contributed by atoms with van der Waals surface area (Å²) in [6.45, 7) is -0.573. The van der Waals surface area contributed by atoms with Gasteiger partial charge in [-0.15, -0.1) is 11.6 Å². The average Bonchev–Trinajstić information content (AvgIpc) is 1.83. The van der Waals surface area contributed by atoms with Gasteiger partial charge in [0.2, 0.25) is 0 Å². The van der Waals surface area contributed by atoms with Gasteiger partial charge in [0.1, 0.15) is 18.8 Å². The zero-order valence-corrected chi connectivity index (χ0v) is 5.75. The third kappa shape index (κ3) is 3.47. The van der Waals surface area contributed by atoms with E-state index in [0.717, 1.165) is 0 Å². The highest BCUT2D eigenvalue weighted by Gasteiger charge is 2.03. The molecule has 0 aliphatic heterocycles. The van der Waals surface area contributed by atoms with Crippen LogP contribution in [0.4, 0.5) is 4.39 Å². The fraction of sp³-hybridized carbons (Fsp3) is 1.00. The van der Waals surface area contributed by atoms with Gasteiger partial charge in [-0.2, -0.15) is 0 Å². The molecule has 0 aromatic carbocycles. The Morgan fingerprint density at radius 3 is 2.25 bits per heavy atom. The van der Waals surface area contributed by atoms with Crippen LogP contribution in [0, 0.1) is 0 Å². The molecule has 0 radical (unpaired) electrons. The van der Waals surface area contributed by atoms with Crippen LogP contribution in [0.25, 0.3) is 0 Å². The Hall–Kier alpha value is 0.470. The SMILES string of the molecule is FCC(CCl)OCCl. The Kier molecular flexibility index (Phi) is 5.93. The van der Waals surface area contributed by atoms with Gasteiger partial charge in [-0.25, -0.2) is 4.39 Å². The Bertz CT molecular complexity index is 49.3. The summed E-state index contributed by atoms with van der Waals surface area (Å²) in [6, 6.07) is 0.00130. The second kappa shape index (κ2) is 5.60. The maximum Gasteiger partial charge on any atom is 0.121 e. The quantitative estimate of drug-likeness (QED) is 0.571. The molecular weight excluding hydrogens is 154 g/mol. The lowest BCUT2D eigenvalue weighted by molar-refractivity contribution is 0.0827. The van der Waals surface area contributed by atoms with Gasteiger partial charge in [0, 0.05) is 0 Å². The fourth-order valence-electron chi connectivity index (χ4n) is 0.219. The van der Waals surface area contributed by atoms with Crippen LogP contribution in [0.2, 0.25) is 0 Å². The van der Waals surface area contributed by atoms with Gasteiger partial charge < -0.3 is 4.74 Å². The van der Waals surface area contributed by atoms with Gasteiger partial charge in [-0.1, -0.05) is 11.6 Å². The van der Waals surface area contributed by atoms with Gasteiger partial charge in [-0.3, -0.25) is 0 Å². The zero-order chi connectivity index (χ0) is 6.41. The molecular formula is C4H7Cl2FO. The Balaban J connectivity index is 3.07. The van der Waals surface area contributed by atoms with Crippen LogP contribution in [0.5, 0.6) is 0 Å². The molecule has 0 rings (SSSR count). The Labute approximate surface area is 57.7 Å². The predicted octanol–water partition coefficient (Wildman–Crippen LogP) is 1.78. The van der Waals surface area contributed by atoms with Gasteiger partial charge in [-0.05, 0) is 0 Å². The van der Waals surface area contributed by atoms with E-state index in [2.05, 4.69) is 4.74 Å². The second-order valence-corrected chi connectivity index (χ2v) is 1.73. The first-order valence-corrected chi connectivity index (χ1v) is 3.21. The molecule has 0 aromatic rings. The molecule has 0 fully saturated rings. The molecule has 0 aliphatic rings. The van der Waals surface area contributed by atoms with E-state index in [4.69, 9.17) is 23.2 Å². The minimum atomic E-state index is -0.573. The van der Waals surface area contributed by atoms with E-state index in [1.165, 1.54) is 0 Å². The van der Waals surface area contributed by atoms with Crippen molar-refractivity contribution >= 4 is 23.2 Å². The zero-order valence-electron chi connectivity index (χ0n) is 4.24. The molecule has 0 amide bonds. The average molecular weight is 161 g/mol. The minimum absolute atomic E-state index is 0.00130. The Morgan fingerprint density at radius 2 is 2.12 bits per heavy atom. The number of halogens is 3. The summed E-state index contributed by atoms with van der Waals surface area (Å²) in [5.74, 6) is 0.156. The molecule has 8 heavy (non-hydrogen) atoms. The molecule has 50 valence electrons. The van der Waals surface area contributed by atoms with Crippen molar-refractivity contribution < 1.29 is 9.13 Å². The predicted molar refractivity (Wildman–Crippen MR) is 32.3 cm³/mol. The first kappa shape index (κ1) is 8.47. The van der Waals surface area contributed by atoms with Crippen LogP contribution in [-0.2, 0) is 4.74 Å². The molecule has 1 nitrogen and oxygen atoms in total. The number of hydrogen-bond donors (Lipinski definition) is 0. The molecule has 4 heteroatoms. The lowest BCUT2D eigenvalue weighted by Crippen LogP contribution is -2.15. The van der Waals surface area contributed by atoms with E-state index in [1.54, 1.807) is 0 Å². The molecule has 0 bridgehead atoms. The lowest BCUT2D eigenvalue weighted by atomic mass is 10.5. The maximum atomic E-state index is 11.6. The van der Waals surface area contributed by atoms with Crippen LogP contribution in [-0.4, -0.2) is 24.7 Å². The van der Waals surface area contributed by atoms with Gasteiger partial charge in [0.05, 0.1) is 5.88 Å². The highest BCUT2D eigenvalue weighted by atomic mass is 35.5. The molecule has 0 saturated carbocycles. The van der Waals surface area contributed by atoms with Crippen LogP contribution < -0.4 is 0 Å². The summed E-state index contributed by atoms with van der Waals surface area (Å²) >= 11 is 10.3. The van der Waals surface area contributed by atoms with Crippen LogP contribution in [0.1, 0.15) is 0 Å². The van der Waals surface area contributed by atoms with E-state index in [-0.39, 0.29) is 11.9 Å². The summed E-state index contributed by atoms with van der Waals surface area (Å²) in [4.78, 5) is 0. The van der Waals surface area contributed by atoms with Crippen molar-refractivity contribution in [3.05, 3.63) is 0 Å². The molecule has 0 heterocycles. The van der Waals surface area contributed by atoms with Crippen molar-refractivity contribution in [1.29, 1.82) is 0 Å². The van der Waals surface area contributed by atoms with E-state index >= 15 is 0 Å². The van der Waals surface area contributed by atoms with Gasteiger partial charge >= 0.3 is 0 Å². The van der Waals surface area contributed by atoms with Crippen molar-refractivity contribution in [3.63, 3.8) is 0 Å². The van der Waals surface area contributed by atoms with Crippen molar-refractivity contribution in [2.75, 3.05) is 18.6 Å². The first-order valence-electron chi connectivity index (χ1n) is 2.14. The number of alkyl halides is 3. The maximum absolute atomic E-state index is 11.6. The van der Waals surface area contributed by atoms with E-state index < -0.39 is 12.8 Å². The summed E-state index contributed by atoms with van der Waals surface area (Å²) in [6.07, 6.45) is -0.533. The topological polar surface area (TPSA) is 9.23 Å². The molecule has 0 N–H and O–H groups in total. The standard InChI is InChI=1S/C4H7Cl2FO/c5-1-4(2-7)8-3-6/h4H,1-3H2. The first-order chi connectivity index (χ1) is 3.85. The van der Waals surface area contributed by atoms with E-state index in [9.17, 15) is 4.39 Å². The van der Waals surface area contributed by atoms with Crippen LogP contribution in [0.3, 0.4) is 0 Å². The summed E-state index contributed by atoms with van der Waals surface area (Å²) < 4.78 is 16.2. The van der Waals surface area contributed by atoms with E-state index in [1.807, 2.05) is 0 Å². The fourth-order valence-corrected chi connectivity index (χ4v) is 0.569. The third-order valence-electron chi connectivity index (χ3n) is 0.643. The highest BCUT2D eigenvalue weighted by molar-refractivity contribution is 6.18. The van der Waals surface area contributed by atoms with Crippen LogP contribution in [0.15, 0.2) is 0 Å². The van der Waals surface area contributed by atoms with Crippen molar-refractivity contribution in [1.82, 2.24) is 0 Å². The second-order valence-electron chi connectivity index (χ2n) is 1.21. The molecule has 1 atom stereocenters. The molecule has 0 aliphatic carbocycles. The molecule has 0 saturated heterocycles. The molecule has 1 unspecified atom stereocenters. The Morgan fingerprint density at radius 1 is 1.50 bits per heavy atom. The smallest absolute Gasteiger partial charge is 0.121 e. The summed E-state index contributed by atoms with van der Waals surface area (Å²) in [7, 11) is 0. The minimum Gasteiger partial charge on any atom is -0.359 e. The van der Waals surface area contributed by atoms with Crippen molar-refractivity contribution in [3.8, 4) is 0 Å². The molecule has 0 spiro atoms. The monoisotopic (exact) mass is 160 g/mol.